The third kappa shape index (κ3) is 2.79. The lowest BCUT2D eigenvalue weighted by molar-refractivity contribution is -0.143. The number of carbonyl (C=O) groups excluding carboxylic acids is 3. The van der Waals surface area contributed by atoms with E-state index in [2.05, 4.69) is 4.99 Å². The first-order valence-electron chi connectivity index (χ1n) is 8.00. The van der Waals surface area contributed by atoms with Gasteiger partial charge >= 0.3 is 5.97 Å². The highest BCUT2D eigenvalue weighted by Crippen LogP contribution is 2.34. The number of benzene rings is 1. The topological polar surface area (TPSA) is 85.3 Å². The number of rotatable bonds is 4. The fourth-order valence-corrected chi connectivity index (χ4v) is 2.96. The summed E-state index contributed by atoms with van der Waals surface area (Å²) in [6, 6.07) is 6.60. The zero-order chi connectivity index (χ0) is 18.4. The van der Waals surface area contributed by atoms with E-state index in [1.54, 1.807) is 31.2 Å². The maximum absolute atomic E-state index is 12.9. The number of hydrogen-bond donors (Lipinski definition) is 0. The summed E-state index contributed by atoms with van der Waals surface area (Å²) >= 11 is 0. The Balaban J connectivity index is 2.06. The molecule has 3 rings (SSSR count). The van der Waals surface area contributed by atoms with Crippen LogP contribution in [0.3, 0.4) is 0 Å². The van der Waals surface area contributed by atoms with Gasteiger partial charge in [0.15, 0.2) is 5.54 Å². The molecule has 1 unspecified atom stereocenters. The van der Waals surface area contributed by atoms with Crippen LogP contribution in [-0.2, 0) is 14.3 Å². The maximum Gasteiger partial charge on any atom is 0.302 e. The molecule has 2 amide bonds. The first kappa shape index (κ1) is 17.1. The van der Waals surface area contributed by atoms with E-state index in [4.69, 9.17) is 9.47 Å². The van der Waals surface area contributed by atoms with Crippen LogP contribution in [0.25, 0.3) is 0 Å². The van der Waals surface area contributed by atoms with Crippen molar-refractivity contribution in [1.82, 2.24) is 4.90 Å². The SMILES string of the molecule is CC(=O)OCC(C)(C1=NC(C)(C)CO1)N1C(=O)c2ccccc2C1=O. The van der Waals surface area contributed by atoms with Crippen molar-refractivity contribution in [1.29, 1.82) is 0 Å². The van der Waals surface area contributed by atoms with Crippen LogP contribution in [0, 0.1) is 0 Å². The summed E-state index contributed by atoms with van der Waals surface area (Å²) in [5.41, 5.74) is -1.16. The first-order valence-corrected chi connectivity index (χ1v) is 8.00. The summed E-state index contributed by atoms with van der Waals surface area (Å²) in [5.74, 6) is -1.20. The number of nitrogens with zero attached hydrogens (tertiary/aromatic N) is 2. The second kappa shape index (κ2) is 5.68. The van der Waals surface area contributed by atoms with Gasteiger partial charge < -0.3 is 9.47 Å². The molecule has 2 aliphatic heterocycles. The maximum atomic E-state index is 12.9. The zero-order valence-electron chi connectivity index (χ0n) is 14.7. The molecular formula is C18H20N2O5. The summed E-state index contributed by atoms with van der Waals surface area (Å²) in [6.45, 7) is 6.76. The fraction of sp³-hybridized carbons (Fsp3) is 0.444. The van der Waals surface area contributed by atoms with Crippen LogP contribution in [0.2, 0.25) is 0 Å². The van der Waals surface area contributed by atoms with Crippen molar-refractivity contribution < 1.29 is 23.9 Å². The lowest BCUT2D eigenvalue weighted by atomic mass is 10.00. The van der Waals surface area contributed by atoms with E-state index in [0.29, 0.717) is 17.7 Å². The molecule has 2 heterocycles. The van der Waals surface area contributed by atoms with Gasteiger partial charge in [-0.3, -0.25) is 19.3 Å². The summed E-state index contributed by atoms with van der Waals surface area (Å²) in [6.07, 6.45) is 0. The van der Waals surface area contributed by atoms with Gasteiger partial charge in [0.25, 0.3) is 11.8 Å². The Morgan fingerprint density at radius 2 is 1.84 bits per heavy atom. The molecule has 2 aliphatic rings. The largest absolute Gasteiger partial charge is 0.477 e. The molecule has 0 fully saturated rings. The predicted molar refractivity (Wildman–Crippen MR) is 89.4 cm³/mol. The number of carbonyl (C=O) groups is 3. The van der Waals surface area contributed by atoms with E-state index in [9.17, 15) is 14.4 Å². The predicted octanol–water partition coefficient (Wildman–Crippen LogP) is 1.81. The van der Waals surface area contributed by atoms with Gasteiger partial charge in [-0.2, -0.15) is 0 Å². The first-order chi connectivity index (χ1) is 11.7. The van der Waals surface area contributed by atoms with E-state index >= 15 is 0 Å². The molecule has 7 nitrogen and oxygen atoms in total. The van der Waals surface area contributed by atoms with Gasteiger partial charge in [-0.1, -0.05) is 12.1 Å². The van der Waals surface area contributed by atoms with Crippen LogP contribution in [-0.4, -0.2) is 52.9 Å². The highest BCUT2D eigenvalue weighted by Gasteiger charge is 2.53. The molecular weight excluding hydrogens is 324 g/mol. The van der Waals surface area contributed by atoms with Crippen molar-refractivity contribution >= 4 is 23.7 Å². The molecule has 0 saturated carbocycles. The fourth-order valence-electron chi connectivity index (χ4n) is 2.96. The molecule has 25 heavy (non-hydrogen) atoms. The van der Waals surface area contributed by atoms with Crippen LogP contribution in [0.5, 0.6) is 0 Å². The molecule has 0 aliphatic carbocycles. The van der Waals surface area contributed by atoms with Gasteiger partial charge in [0.1, 0.15) is 13.2 Å². The summed E-state index contributed by atoms with van der Waals surface area (Å²) < 4.78 is 10.8. The van der Waals surface area contributed by atoms with Gasteiger partial charge in [0.05, 0.1) is 16.7 Å². The molecule has 1 atom stereocenters. The monoisotopic (exact) mass is 344 g/mol. The van der Waals surface area contributed by atoms with E-state index < -0.39 is 28.9 Å². The van der Waals surface area contributed by atoms with Crippen LogP contribution in [0.15, 0.2) is 29.3 Å². The van der Waals surface area contributed by atoms with Crippen LogP contribution in [0.1, 0.15) is 48.4 Å². The minimum atomic E-state index is -1.31. The van der Waals surface area contributed by atoms with E-state index in [1.807, 2.05) is 13.8 Å². The van der Waals surface area contributed by atoms with Crippen molar-refractivity contribution in [2.45, 2.75) is 38.8 Å². The quantitative estimate of drug-likeness (QED) is 0.614. The summed E-state index contributed by atoms with van der Waals surface area (Å²) in [7, 11) is 0. The van der Waals surface area contributed by atoms with E-state index in [0.717, 1.165) is 4.90 Å². The van der Waals surface area contributed by atoms with Crippen molar-refractivity contribution in [3.63, 3.8) is 0 Å². The lowest BCUT2D eigenvalue weighted by Gasteiger charge is -2.35. The van der Waals surface area contributed by atoms with Crippen molar-refractivity contribution in [3.05, 3.63) is 35.4 Å². The van der Waals surface area contributed by atoms with Crippen molar-refractivity contribution in [2.24, 2.45) is 4.99 Å². The zero-order valence-corrected chi connectivity index (χ0v) is 14.7. The van der Waals surface area contributed by atoms with Gasteiger partial charge in [0.2, 0.25) is 5.90 Å². The minimum absolute atomic E-state index is 0.216. The Bertz CT molecular complexity index is 763. The van der Waals surface area contributed by atoms with Gasteiger partial charge in [-0.15, -0.1) is 0 Å². The molecule has 0 N–H and O–H groups in total. The Morgan fingerprint density at radius 3 is 2.28 bits per heavy atom. The number of fused-ring (bicyclic) bond motifs is 1. The molecule has 0 radical (unpaired) electrons. The molecule has 1 aromatic rings. The van der Waals surface area contributed by atoms with Gasteiger partial charge in [-0.25, -0.2) is 4.99 Å². The highest BCUT2D eigenvalue weighted by molar-refractivity contribution is 6.23. The Labute approximate surface area is 145 Å². The lowest BCUT2D eigenvalue weighted by Crippen LogP contribution is -2.58. The number of esters is 1. The Morgan fingerprint density at radius 1 is 1.28 bits per heavy atom. The summed E-state index contributed by atoms with van der Waals surface area (Å²) in [5, 5.41) is 0. The highest BCUT2D eigenvalue weighted by atomic mass is 16.5. The second-order valence-electron chi connectivity index (χ2n) is 7.06. The Hall–Kier alpha value is -2.70. The molecule has 1 aromatic carbocycles. The number of imide groups is 1. The van der Waals surface area contributed by atoms with Crippen molar-refractivity contribution in [2.75, 3.05) is 13.2 Å². The third-order valence-electron chi connectivity index (χ3n) is 4.27. The average molecular weight is 344 g/mol. The number of aliphatic imine (C=N–C) groups is 1. The molecule has 0 bridgehead atoms. The molecule has 0 saturated heterocycles. The van der Waals surface area contributed by atoms with E-state index in [-0.39, 0.29) is 12.5 Å². The molecule has 7 heteroatoms. The minimum Gasteiger partial charge on any atom is -0.477 e. The smallest absolute Gasteiger partial charge is 0.302 e. The van der Waals surface area contributed by atoms with Crippen LogP contribution in [0.4, 0.5) is 0 Å². The van der Waals surface area contributed by atoms with Crippen LogP contribution >= 0.6 is 0 Å². The number of hydrogen-bond acceptors (Lipinski definition) is 6. The molecule has 0 aromatic heterocycles. The van der Waals surface area contributed by atoms with Crippen molar-refractivity contribution in [3.8, 4) is 0 Å². The van der Waals surface area contributed by atoms with Gasteiger partial charge in [-0.05, 0) is 32.9 Å². The summed E-state index contributed by atoms with van der Waals surface area (Å²) in [4.78, 5) is 42.7. The standard InChI is InChI=1S/C18H20N2O5/c1-11(21)24-10-18(4,16-19-17(2,3)9-25-16)20-14(22)12-7-5-6-8-13(12)15(20)23/h5-8H,9-10H2,1-4H3. The normalized spacial score (nSPS) is 20.6. The van der Waals surface area contributed by atoms with Crippen LogP contribution < -0.4 is 0 Å². The number of ether oxygens (including phenoxy) is 2. The third-order valence-corrected chi connectivity index (χ3v) is 4.27. The Kier molecular flexibility index (Phi) is 3.89. The molecule has 0 spiro atoms. The molecule has 132 valence electrons. The van der Waals surface area contributed by atoms with E-state index in [1.165, 1.54) is 6.92 Å². The average Bonchev–Trinajstić information content (AvgIpc) is 3.04. The number of amides is 2. The van der Waals surface area contributed by atoms with Gasteiger partial charge in [0, 0.05) is 6.92 Å². The second-order valence-corrected chi connectivity index (χ2v) is 7.06.